The fourth-order valence-corrected chi connectivity index (χ4v) is 1.96. The van der Waals surface area contributed by atoms with Crippen LogP contribution in [0.15, 0.2) is 28.0 Å². The number of hydrogen-bond donors (Lipinski definition) is 2. The summed E-state index contributed by atoms with van der Waals surface area (Å²) in [5, 5.41) is 22.5. The molecule has 24 heavy (non-hydrogen) atoms. The number of amidine groups is 1. The fraction of sp³-hybridized carbons (Fsp3) is 0.231. The van der Waals surface area contributed by atoms with Crippen molar-refractivity contribution in [1.29, 1.82) is 0 Å². The van der Waals surface area contributed by atoms with Crippen molar-refractivity contribution in [3.05, 3.63) is 34.7 Å². The molecule has 0 bridgehead atoms. The highest BCUT2D eigenvalue weighted by Crippen LogP contribution is 2.24. The molecule has 0 aliphatic carbocycles. The van der Waals surface area contributed by atoms with E-state index in [0.717, 1.165) is 11.0 Å². The molecule has 9 nitrogen and oxygen atoms in total. The molecule has 1 aromatic heterocycles. The number of nitrogens with zero attached hydrogens (tertiary/aromatic N) is 4. The minimum Gasteiger partial charge on any atom is -0.397 e. The predicted molar refractivity (Wildman–Crippen MR) is 83.4 cm³/mol. The molecule has 2 aromatic rings. The molecular weight excluding hydrogens is 345 g/mol. The summed E-state index contributed by atoms with van der Waals surface area (Å²) in [6.45, 7) is 0.0129. The maximum atomic E-state index is 13.3. The third-order valence-electron chi connectivity index (χ3n) is 2.80. The lowest BCUT2D eigenvalue weighted by Gasteiger charge is -2.18. The predicted octanol–water partition coefficient (Wildman–Crippen LogP) is 1.24. The Morgan fingerprint density at radius 2 is 2.38 bits per heavy atom. The number of aliphatic hydroxyl groups is 1. The van der Waals surface area contributed by atoms with Crippen molar-refractivity contribution in [3.8, 4) is 0 Å². The standard InChI is InChI=1S/C13H13ClFN5O4/c1-23-19-13(11-12(16-4-5-21)18-24-17-11)20(7-22)8-2-3-10(15)9(14)6-8/h2-3,6-7,21H,4-5H2,1H3,(H,16,18)/b19-13-. The Morgan fingerprint density at radius 1 is 1.58 bits per heavy atom. The van der Waals surface area contributed by atoms with E-state index in [-0.39, 0.29) is 41.2 Å². The minimum atomic E-state index is -0.634. The SMILES string of the molecule is CO/N=C(/c1nonc1NCCO)N(C=O)c1ccc(F)c(Cl)c1. The number of benzene rings is 1. The molecule has 11 heteroatoms. The van der Waals surface area contributed by atoms with E-state index in [9.17, 15) is 9.18 Å². The second-order valence-corrected chi connectivity index (χ2v) is 4.69. The van der Waals surface area contributed by atoms with E-state index in [1.807, 2.05) is 0 Å². The van der Waals surface area contributed by atoms with Gasteiger partial charge in [-0.3, -0.25) is 9.69 Å². The number of aromatic nitrogens is 2. The first-order valence-corrected chi connectivity index (χ1v) is 6.98. The monoisotopic (exact) mass is 357 g/mol. The molecule has 2 N–H and O–H groups in total. The number of halogens is 2. The largest absolute Gasteiger partial charge is 0.397 e. The number of oxime groups is 1. The maximum absolute atomic E-state index is 13.3. The van der Waals surface area contributed by atoms with Gasteiger partial charge in [0, 0.05) is 6.54 Å². The van der Waals surface area contributed by atoms with Crippen LogP contribution in [0.25, 0.3) is 0 Å². The van der Waals surface area contributed by atoms with Crippen LogP contribution < -0.4 is 10.2 Å². The second kappa shape index (κ2) is 8.22. The van der Waals surface area contributed by atoms with E-state index in [4.69, 9.17) is 21.5 Å². The summed E-state index contributed by atoms with van der Waals surface area (Å²) in [6, 6.07) is 3.67. The Labute approximate surface area is 140 Å². The van der Waals surface area contributed by atoms with Crippen LogP contribution in [-0.2, 0) is 9.63 Å². The van der Waals surface area contributed by atoms with Gasteiger partial charge in [-0.1, -0.05) is 16.8 Å². The lowest BCUT2D eigenvalue weighted by molar-refractivity contribution is -0.106. The number of rotatable bonds is 7. The van der Waals surface area contributed by atoms with Gasteiger partial charge in [0.2, 0.25) is 18.1 Å². The molecule has 0 radical (unpaired) electrons. The van der Waals surface area contributed by atoms with Crippen LogP contribution in [0.4, 0.5) is 15.9 Å². The van der Waals surface area contributed by atoms with E-state index < -0.39 is 5.82 Å². The van der Waals surface area contributed by atoms with E-state index in [1.165, 1.54) is 19.2 Å². The number of anilines is 2. The van der Waals surface area contributed by atoms with Gasteiger partial charge in [0.05, 0.1) is 17.3 Å². The van der Waals surface area contributed by atoms with Crippen LogP contribution in [0.3, 0.4) is 0 Å². The van der Waals surface area contributed by atoms with Crippen LogP contribution >= 0.6 is 11.6 Å². The summed E-state index contributed by atoms with van der Waals surface area (Å²) >= 11 is 5.75. The lowest BCUT2D eigenvalue weighted by atomic mass is 10.2. The van der Waals surface area contributed by atoms with Crippen molar-refractivity contribution in [2.24, 2.45) is 5.16 Å². The molecule has 2 rings (SSSR count). The van der Waals surface area contributed by atoms with Crippen molar-refractivity contribution >= 4 is 35.4 Å². The Bertz CT molecular complexity index is 739. The third kappa shape index (κ3) is 3.78. The van der Waals surface area contributed by atoms with Crippen molar-refractivity contribution in [2.75, 3.05) is 30.5 Å². The molecule has 1 amide bonds. The van der Waals surface area contributed by atoms with Crippen LogP contribution in [0.2, 0.25) is 5.02 Å². The van der Waals surface area contributed by atoms with Crippen molar-refractivity contribution < 1.29 is 23.8 Å². The normalized spacial score (nSPS) is 11.2. The fourth-order valence-electron chi connectivity index (χ4n) is 1.78. The first-order valence-electron chi connectivity index (χ1n) is 6.60. The Morgan fingerprint density at radius 3 is 3.00 bits per heavy atom. The average Bonchev–Trinajstić information content (AvgIpc) is 3.04. The topological polar surface area (TPSA) is 113 Å². The summed E-state index contributed by atoms with van der Waals surface area (Å²) in [5.74, 6) is -0.568. The van der Waals surface area contributed by atoms with Gasteiger partial charge in [0.25, 0.3) is 0 Å². The molecular formula is C13H13ClFN5O4. The van der Waals surface area contributed by atoms with Gasteiger partial charge in [-0.2, -0.15) is 0 Å². The number of carbonyl (C=O) groups is 1. The van der Waals surface area contributed by atoms with Gasteiger partial charge in [0.1, 0.15) is 12.9 Å². The quantitative estimate of drug-likeness (QED) is 0.331. The smallest absolute Gasteiger partial charge is 0.220 e. The number of hydrogen-bond acceptors (Lipinski definition) is 8. The van der Waals surface area contributed by atoms with E-state index >= 15 is 0 Å². The summed E-state index contributed by atoms with van der Waals surface area (Å²) in [4.78, 5) is 17.3. The van der Waals surface area contributed by atoms with Gasteiger partial charge >= 0.3 is 0 Å². The number of aliphatic hydroxyl groups excluding tert-OH is 1. The van der Waals surface area contributed by atoms with E-state index in [2.05, 4.69) is 25.4 Å². The lowest BCUT2D eigenvalue weighted by Crippen LogP contribution is -2.31. The molecule has 1 heterocycles. The highest BCUT2D eigenvalue weighted by atomic mass is 35.5. The Hall–Kier alpha value is -2.72. The number of nitrogens with one attached hydrogen (secondary N) is 1. The molecule has 0 spiro atoms. The highest BCUT2D eigenvalue weighted by molar-refractivity contribution is 6.31. The molecule has 128 valence electrons. The molecule has 0 unspecified atom stereocenters. The zero-order valence-electron chi connectivity index (χ0n) is 12.4. The Balaban J connectivity index is 2.45. The van der Waals surface area contributed by atoms with Gasteiger partial charge in [-0.15, -0.1) is 0 Å². The van der Waals surface area contributed by atoms with E-state index in [1.54, 1.807) is 0 Å². The second-order valence-electron chi connectivity index (χ2n) is 4.28. The zero-order valence-corrected chi connectivity index (χ0v) is 13.2. The van der Waals surface area contributed by atoms with Crippen molar-refractivity contribution in [3.63, 3.8) is 0 Å². The summed E-state index contributed by atoms with van der Waals surface area (Å²) < 4.78 is 18.0. The van der Waals surface area contributed by atoms with Crippen LogP contribution in [-0.4, -0.2) is 47.9 Å². The molecule has 0 atom stereocenters. The Kier molecular flexibility index (Phi) is 6.04. The first kappa shape index (κ1) is 17.6. The molecule has 1 aromatic carbocycles. The molecule has 0 saturated heterocycles. The van der Waals surface area contributed by atoms with Crippen molar-refractivity contribution in [2.45, 2.75) is 0 Å². The first-order chi connectivity index (χ1) is 11.6. The highest BCUT2D eigenvalue weighted by Gasteiger charge is 2.25. The summed E-state index contributed by atoms with van der Waals surface area (Å²) in [5.41, 5.74) is 0.279. The third-order valence-corrected chi connectivity index (χ3v) is 3.09. The zero-order chi connectivity index (χ0) is 17.5. The maximum Gasteiger partial charge on any atom is 0.220 e. The van der Waals surface area contributed by atoms with Crippen LogP contribution in [0, 0.1) is 5.82 Å². The van der Waals surface area contributed by atoms with Gasteiger partial charge < -0.3 is 15.3 Å². The molecule has 0 saturated carbocycles. The van der Waals surface area contributed by atoms with Gasteiger partial charge in [0.15, 0.2) is 5.69 Å². The summed E-state index contributed by atoms with van der Waals surface area (Å²) in [6.07, 6.45) is 0.423. The average molecular weight is 358 g/mol. The minimum absolute atomic E-state index is 0.0536. The van der Waals surface area contributed by atoms with Gasteiger partial charge in [-0.05, 0) is 28.5 Å². The van der Waals surface area contributed by atoms with Crippen molar-refractivity contribution in [1.82, 2.24) is 10.3 Å². The van der Waals surface area contributed by atoms with Crippen LogP contribution in [0.1, 0.15) is 5.69 Å². The molecule has 0 fully saturated rings. The van der Waals surface area contributed by atoms with Gasteiger partial charge in [-0.25, -0.2) is 9.02 Å². The molecule has 0 aliphatic rings. The summed E-state index contributed by atoms with van der Waals surface area (Å²) in [7, 11) is 1.27. The molecule has 0 aliphatic heterocycles. The van der Waals surface area contributed by atoms with Crippen LogP contribution in [0.5, 0.6) is 0 Å². The number of carbonyl (C=O) groups excluding carboxylic acids is 1. The van der Waals surface area contributed by atoms with E-state index in [0.29, 0.717) is 6.41 Å². The number of amides is 1.